The average Bonchev–Trinajstić information content (AvgIpc) is 3.06. The molecule has 86 valence electrons. The standard InChI is InChI=1S/C12H14FNO2/c1-2-16-14-12(15)10-7-9(10)8-5-3-4-6-11(8)13/h3-6,9-10H,2,7H2,1H3,(H,14,15)/t9-,10+/m0/s1. The number of rotatable bonds is 4. The van der Waals surface area contributed by atoms with Crippen LogP contribution in [-0.4, -0.2) is 12.5 Å². The van der Waals surface area contributed by atoms with Gasteiger partial charge in [0.05, 0.1) is 6.61 Å². The molecule has 1 fully saturated rings. The fourth-order valence-electron chi connectivity index (χ4n) is 1.82. The van der Waals surface area contributed by atoms with Gasteiger partial charge < -0.3 is 0 Å². The van der Waals surface area contributed by atoms with E-state index in [0.29, 0.717) is 18.6 Å². The third-order valence-corrected chi connectivity index (χ3v) is 2.75. The Labute approximate surface area is 93.6 Å². The zero-order valence-corrected chi connectivity index (χ0v) is 9.07. The van der Waals surface area contributed by atoms with Gasteiger partial charge in [-0.3, -0.25) is 9.63 Å². The number of halogens is 1. The van der Waals surface area contributed by atoms with Crippen molar-refractivity contribution >= 4 is 5.91 Å². The normalized spacial score (nSPS) is 22.9. The van der Waals surface area contributed by atoms with Gasteiger partial charge >= 0.3 is 0 Å². The molecule has 1 aromatic carbocycles. The first-order valence-electron chi connectivity index (χ1n) is 5.40. The van der Waals surface area contributed by atoms with E-state index in [4.69, 9.17) is 4.84 Å². The fourth-order valence-corrected chi connectivity index (χ4v) is 1.82. The lowest BCUT2D eigenvalue weighted by Crippen LogP contribution is -2.25. The van der Waals surface area contributed by atoms with E-state index in [1.54, 1.807) is 25.1 Å². The number of hydrogen-bond acceptors (Lipinski definition) is 2. The van der Waals surface area contributed by atoms with Gasteiger partial charge in [0.25, 0.3) is 0 Å². The van der Waals surface area contributed by atoms with Gasteiger partial charge in [-0.2, -0.15) is 0 Å². The maximum Gasteiger partial charge on any atom is 0.247 e. The van der Waals surface area contributed by atoms with Crippen LogP contribution in [0.5, 0.6) is 0 Å². The van der Waals surface area contributed by atoms with Crippen molar-refractivity contribution in [3.8, 4) is 0 Å². The molecule has 1 saturated carbocycles. The first-order chi connectivity index (χ1) is 7.74. The predicted octanol–water partition coefficient (Wildman–Crippen LogP) is 2.00. The number of carbonyl (C=O) groups excluding carboxylic acids is 1. The van der Waals surface area contributed by atoms with Crippen LogP contribution in [0.4, 0.5) is 4.39 Å². The monoisotopic (exact) mass is 223 g/mol. The summed E-state index contributed by atoms with van der Waals surface area (Å²) in [6, 6.07) is 6.59. The molecule has 0 heterocycles. The molecule has 0 bridgehead atoms. The van der Waals surface area contributed by atoms with Crippen LogP contribution < -0.4 is 5.48 Å². The molecule has 1 aromatic rings. The molecule has 2 rings (SSSR count). The highest BCUT2D eigenvalue weighted by molar-refractivity contribution is 5.81. The maximum atomic E-state index is 13.4. The molecule has 1 aliphatic carbocycles. The Morgan fingerprint density at radius 3 is 3.00 bits per heavy atom. The molecule has 0 aromatic heterocycles. The molecule has 2 atom stereocenters. The molecule has 0 spiro atoms. The Morgan fingerprint density at radius 1 is 1.56 bits per heavy atom. The van der Waals surface area contributed by atoms with Crippen molar-refractivity contribution in [1.29, 1.82) is 0 Å². The van der Waals surface area contributed by atoms with Crippen molar-refractivity contribution < 1.29 is 14.0 Å². The summed E-state index contributed by atoms with van der Waals surface area (Å²) >= 11 is 0. The second-order valence-electron chi connectivity index (χ2n) is 3.87. The molecule has 4 heteroatoms. The van der Waals surface area contributed by atoms with Gasteiger partial charge in [0.2, 0.25) is 5.91 Å². The Balaban J connectivity index is 1.96. The molecule has 1 N–H and O–H groups in total. The lowest BCUT2D eigenvalue weighted by Gasteiger charge is -2.03. The minimum absolute atomic E-state index is 0.00153. The van der Waals surface area contributed by atoms with Gasteiger partial charge in [-0.15, -0.1) is 0 Å². The Hall–Kier alpha value is -1.42. The molecule has 0 unspecified atom stereocenters. The highest BCUT2D eigenvalue weighted by Crippen LogP contribution is 2.48. The SMILES string of the molecule is CCONC(=O)[C@@H]1C[C@H]1c1ccccc1F. The quantitative estimate of drug-likeness (QED) is 0.793. The number of hydrogen-bond donors (Lipinski definition) is 1. The van der Waals surface area contributed by atoms with Crippen molar-refractivity contribution in [3.05, 3.63) is 35.6 Å². The van der Waals surface area contributed by atoms with Crippen LogP contribution in [0.15, 0.2) is 24.3 Å². The van der Waals surface area contributed by atoms with E-state index in [-0.39, 0.29) is 23.6 Å². The number of nitrogens with one attached hydrogen (secondary N) is 1. The second kappa shape index (κ2) is 4.61. The highest BCUT2D eigenvalue weighted by Gasteiger charge is 2.45. The van der Waals surface area contributed by atoms with Crippen LogP contribution in [0.25, 0.3) is 0 Å². The summed E-state index contributed by atoms with van der Waals surface area (Å²) < 4.78 is 13.4. The zero-order valence-electron chi connectivity index (χ0n) is 9.07. The third-order valence-electron chi connectivity index (χ3n) is 2.75. The molecule has 1 amide bonds. The van der Waals surface area contributed by atoms with Crippen molar-refractivity contribution in [2.24, 2.45) is 5.92 Å². The highest BCUT2D eigenvalue weighted by atomic mass is 19.1. The molecule has 1 aliphatic rings. The van der Waals surface area contributed by atoms with Gasteiger partial charge in [-0.25, -0.2) is 9.87 Å². The largest absolute Gasteiger partial charge is 0.274 e. The predicted molar refractivity (Wildman–Crippen MR) is 57.0 cm³/mol. The minimum Gasteiger partial charge on any atom is -0.274 e. The van der Waals surface area contributed by atoms with Gasteiger partial charge in [0.15, 0.2) is 0 Å². The van der Waals surface area contributed by atoms with Crippen LogP contribution in [0.1, 0.15) is 24.8 Å². The van der Waals surface area contributed by atoms with E-state index in [0.717, 1.165) is 0 Å². The summed E-state index contributed by atoms with van der Waals surface area (Å²) in [6.45, 7) is 2.23. The lowest BCUT2D eigenvalue weighted by atomic mass is 10.1. The number of benzene rings is 1. The average molecular weight is 223 g/mol. The minimum atomic E-state index is -0.237. The van der Waals surface area contributed by atoms with Crippen LogP contribution in [0.3, 0.4) is 0 Å². The lowest BCUT2D eigenvalue weighted by molar-refractivity contribution is -0.134. The number of hydroxylamine groups is 1. The zero-order chi connectivity index (χ0) is 11.5. The topological polar surface area (TPSA) is 38.3 Å². The summed E-state index contributed by atoms with van der Waals surface area (Å²) in [5, 5.41) is 0. The number of carbonyl (C=O) groups is 1. The molecule has 3 nitrogen and oxygen atoms in total. The van der Waals surface area contributed by atoms with E-state index in [1.165, 1.54) is 6.07 Å². The third kappa shape index (κ3) is 2.22. The molecular weight excluding hydrogens is 209 g/mol. The first-order valence-corrected chi connectivity index (χ1v) is 5.40. The molecule has 0 aliphatic heterocycles. The van der Waals surface area contributed by atoms with Crippen molar-refractivity contribution in [2.45, 2.75) is 19.3 Å². The summed E-state index contributed by atoms with van der Waals surface area (Å²) in [6.07, 6.45) is 0.694. The van der Waals surface area contributed by atoms with Gasteiger partial charge in [-0.05, 0) is 30.9 Å². The molecule has 16 heavy (non-hydrogen) atoms. The Bertz CT molecular complexity index is 394. The second-order valence-corrected chi connectivity index (χ2v) is 3.87. The van der Waals surface area contributed by atoms with Crippen LogP contribution in [-0.2, 0) is 9.63 Å². The van der Waals surface area contributed by atoms with Crippen molar-refractivity contribution in [2.75, 3.05) is 6.61 Å². The van der Waals surface area contributed by atoms with E-state index in [9.17, 15) is 9.18 Å². The van der Waals surface area contributed by atoms with Crippen LogP contribution in [0.2, 0.25) is 0 Å². The number of amides is 1. The van der Waals surface area contributed by atoms with Gasteiger partial charge in [0, 0.05) is 5.92 Å². The van der Waals surface area contributed by atoms with Gasteiger partial charge in [-0.1, -0.05) is 18.2 Å². The smallest absolute Gasteiger partial charge is 0.247 e. The van der Waals surface area contributed by atoms with Crippen LogP contribution >= 0.6 is 0 Å². The fraction of sp³-hybridized carbons (Fsp3) is 0.417. The Kier molecular flexibility index (Phi) is 3.19. The van der Waals surface area contributed by atoms with E-state index in [1.807, 2.05) is 0 Å². The summed E-state index contributed by atoms with van der Waals surface area (Å²) in [5.74, 6) is -0.542. The van der Waals surface area contributed by atoms with Crippen molar-refractivity contribution in [1.82, 2.24) is 5.48 Å². The summed E-state index contributed by atoms with van der Waals surface area (Å²) in [7, 11) is 0. The van der Waals surface area contributed by atoms with E-state index >= 15 is 0 Å². The van der Waals surface area contributed by atoms with Crippen molar-refractivity contribution in [3.63, 3.8) is 0 Å². The van der Waals surface area contributed by atoms with Crippen LogP contribution in [0, 0.1) is 11.7 Å². The summed E-state index contributed by atoms with van der Waals surface area (Å²) in [5.41, 5.74) is 2.98. The van der Waals surface area contributed by atoms with Gasteiger partial charge in [0.1, 0.15) is 5.82 Å². The molecular formula is C12H14FNO2. The molecule has 0 saturated heterocycles. The van der Waals surface area contributed by atoms with E-state index < -0.39 is 0 Å². The van der Waals surface area contributed by atoms with E-state index in [2.05, 4.69) is 5.48 Å². The summed E-state index contributed by atoms with van der Waals surface area (Å²) in [4.78, 5) is 16.3. The molecule has 0 radical (unpaired) electrons. The first kappa shape index (κ1) is 11.1. The Morgan fingerprint density at radius 2 is 2.31 bits per heavy atom. The maximum absolute atomic E-state index is 13.4.